The van der Waals surface area contributed by atoms with Gasteiger partial charge >= 0.3 is 6.09 Å². The van der Waals surface area contributed by atoms with Crippen LogP contribution >= 0.6 is 0 Å². The van der Waals surface area contributed by atoms with E-state index in [1.807, 2.05) is 39.8 Å². The van der Waals surface area contributed by atoms with E-state index in [0.717, 1.165) is 42.2 Å². The number of benzene rings is 1. The minimum atomic E-state index is -0.475. The van der Waals surface area contributed by atoms with Crippen LogP contribution in [0.2, 0.25) is 0 Å². The Kier molecular flexibility index (Phi) is 5.36. The maximum Gasteiger partial charge on any atom is 0.410 e. The van der Waals surface area contributed by atoms with Gasteiger partial charge in [0.15, 0.2) is 6.29 Å². The lowest BCUT2D eigenvalue weighted by molar-refractivity contribution is 0.0160. The van der Waals surface area contributed by atoms with Crippen LogP contribution in [0.15, 0.2) is 18.2 Å². The molecule has 1 aromatic rings. The number of carbonyl (C=O) groups is 2. The zero-order valence-electron chi connectivity index (χ0n) is 15.5. The topological polar surface area (TPSA) is 46.6 Å². The molecule has 4 heteroatoms. The standard InChI is InChI=1S/C20H29NO3/c1-6-20(17-9-7-8-15(2)16(17)14-22)10-12-21(13-11-20)18(23)24-19(3,4)5/h7-9,14H,6,10-13H2,1-5H3. The largest absolute Gasteiger partial charge is 0.444 e. The van der Waals surface area contributed by atoms with Crippen LogP contribution in [-0.4, -0.2) is 36.0 Å². The van der Waals surface area contributed by atoms with Crippen molar-refractivity contribution >= 4 is 12.4 Å². The van der Waals surface area contributed by atoms with Crippen LogP contribution in [0.1, 0.15) is 68.4 Å². The van der Waals surface area contributed by atoms with Crippen LogP contribution in [-0.2, 0) is 10.2 Å². The fourth-order valence-electron chi connectivity index (χ4n) is 3.56. The summed E-state index contributed by atoms with van der Waals surface area (Å²) >= 11 is 0. The smallest absolute Gasteiger partial charge is 0.410 e. The molecule has 2 rings (SSSR count). The Hall–Kier alpha value is -1.84. The number of aldehydes is 1. The van der Waals surface area contributed by atoms with E-state index in [-0.39, 0.29) is 11.5 Å². The van der Waals surface area contributed by atoms with E-state index in [9.17, 15) is 9.59 Å². The molecule has 1 aliphatic heterocycles. The van der Waals surface area contributed by atoms with Crippen molar-refractivity contribution in [1.29, 1.82) is 0 Å². The lowest BCUT2D eigenvalue weighted by Crippen LogP contribution is -2.47. The summed E-state index contributed by atoms with van der Waals surface area (Å²) in [6.45, 7) is 11.1. The third-order valence-corrected chi connectivity index (χ3v) is 5.06. The summed E-state index contributed by atoms with van der Waals surface area (Å²) in [6.07, 6.45) is 3.40. The zero-order chi connectivity index (χ0) is 18.0. The summed E-state index contributed by atoms with van der Waals surface area (Å²) in [5.74, 6) is 0. The SMILES string of the molecule is CCC1(c2cccc(C)c2C=O)CCN(C(=O)OC(C)(C)C)CC1. The van der Waals surface area contributed by atoms with Crippen molar-refractivity contribution in [3.05, 3.63) is 34.9 Å². The molecule has 4 nitrogen and oxygen atoms in total. The van der Waals surface area contributed by atoms with Crippen molar-refractivity contribution in [2.45, 2.75) is 64.9 Å². The van der Waals surface area contributed by atoms with E-state index in [0.29, 0.717) is 13.1 Å². The molecule has 1 amide bonds. The molecule has 1 saturated heterocycles. The number of hydrogen-bond donors (Lipinski definition) is 0. The highest BCUT2D eigenvalue weighted by molar-refractivity contribution is 5.80. The molecule has 0 atom stereocenters. The summed E-state index contributed by atoms with van der Waals surface area (Å²) in [7, 11) is 0. The highest BCUT2D eigenvalue weighted by Crippen LogP contribution is 2.40. The van der Waals surface area contributed by atoms with Crippen molar-refractivity contribution in [3.63, 3.8) is 0 Å². The third-order valence-electron chi connectivity index (χ3n) is 5.06. The molecule has 0 aliphatic carbocycles. The second kappa shape index (κ2) is 6.96. The van der Waals surface area contributed by atoms with Gasteiger partial charge in [-0.15, -0.1) is 0 Å². The van der Waals surface area contributed by atoms with E-state index >= 15 is 0 Å². The highest BCUT2D eigenvalue weighted by atomic mass is 16.6. The van der Waals surface area contributed by atoms with Crippen LogP contribution in [0, 0.1) is 6.92 Å². The summed E-state index contributed by atoms with van der Waals surface area (Å²) in [4.78, 5) is 25.7. The number of rotatable bonds is 3. The van der Waals surface area contributed by atoms with Gasteiger partial charge in [-0.2, -0.15) is 0 Å². The first-order chi connectivity index (χ1) is 11.2. The Morgan fingerprint density at radius 2 is 1.92 bits per heavy atom. The molecule has 0 spiro atoms. The van der Waals surface area contributed by atoms with Gasteiger partial charge in [-0.25, -0.2) is 4.79 Å². The van der Waals surface area contributed by atoms with Gasteiger partial charge in [0, 0.05) is 18.7 Å². The van der Waals surface area contributed by atoms with Crippen LogP contribution in [0.25, 0.3) is 0 Å². The summed E-state index contributed by atoms with van der Waals surface area (Å²) in [5, 5.41) is 0. The first-order valence-corrected chi connectivity index (χ1v) is 8.75. The van der Waals surface area contributed by atoms with Gasteiger partial charge in [0.2, 0.25) is 0 Å². The van der Waals surface area contributed by atoms with Gasteiger partial charge in [-0.3, -0.25) is 4.79 Å². The molecule has 0 bridgehead atoms. The van der Waals surface area contributed by atoms with Gasteiger partial charge in [0.25, 0.3) is 0 Å². The third kappa shape index (κ3) is 3.80. The van der Waals surface area contributed by atoms with Gasteiger partial charge in [-0.05, 0) is 63.5 Å². The fraction of sp³-hybridized carbons (Fsp3) is 0.600. The molecule has 24 heavy (non-hydrogen) atoms. The Morgan fingerprint density at radius 1 is 1.29 bits per heavy atom. The molecule has 0 aromatic heterocycles. The van der Waals surface area contributed by atoms with Gasteiger partial charge in [0.1, 0.15) is 5.60 Å². The lowest BCUT2D eigenvalue weighted by atomic mass is 9.69. The molecule has 0 N–H and O–H groups in total. The number of aryl methyl sites for hydroxylation is 1. The average Bonchev–Trinajstić information content (AvgIpc) is 2.53. The predicted molar refractivity (Wildman–Crippen MR) is 95.6 cm³/mol. The molecule has 1 heterocycles. The molecule has 1 aliphatic rings. The Balaban J connectivity index is 2.20. The summed E-state index contributed by atoms with van der Waals surface area (Å²) < 4.78 is 5.48. The molecular weight excluding hydrogens is 302 g/mol. The first kappa shape index (κ1) is 18.5. The zero-order valence-corrected chi connectivity index (χ0v) is 15.5. The second-order valence-electron chi connectivity index (χ2n) is 7.76. The van der Waals surface area contributed by atoms with E-state index in [4.69, 9.17) is 4.74 Å². The van der Waals surface area contributed by atoms with E-state index in [1.54, 1.807) is 4.90 Å². The quantitative estimate of drug-likeness (QED) is 0.767. The normalized spacial score (nSPS) is 17.5. The van der Waals surface area contributed by atoms with Crippen LogP contribution in [0.4, 0.5) is 4.79 Å². The molecule has 132 valence electrons. The van der Waals surface area contributed by atoms with E-state index < -0.39 is 5.60 Å². The minimum absolute atomic E-state index is 0.0409. The molecule has 0 radical (unpaired) electrons. The Bertz CT molecular complexity index is 608. The second-order valence-corrected chi connectivity index (χ2v) is 7.76. The number of nitrogens with zero attached hydrogens (tertiary/aromatic N) is 1. The minimum Gasteiger partial charge on any atom is -0.444 e. The van der Waals surface area contributed by atoms with E-state index in [2.05, 4.69) is 13.0 Å². The van der Waals surface area contributed by atoms with Crippen molar-refractivity contribution in [2.75, 3.05) is 13.1 Å². The molecule has 0 unspecified atom stereocenters. The van der Waals surface area contributed by atoms with Gasteiger partial charge in [0.05, 0.1) is 0 Å². The monoisotopic (exact) mass is 331 g/mol. The number of hydrogen-bond acceptors (Lipinski definition) is 3. The van der Waals surface area contributed by atoms with Crippen molar-refractivity contribution in [3.8, 4) is 0 Å². The van der Waals surface area contributed by atoms with Crippen molar-refractivity contribution in [2.24, 2.45) is 0 Å². The van der Waals surface area contributed by atoms with Crippen molar-refractivity contribution < 1.29 is 14.3 Å². The number of carbonyl (C=O) groups excluding carboxylic acids is 2. The number of amides is 1. The number of ether oxygens (including phenoxy) is 1. The molecule has 1 aromatic carbocycles. The van der Waals surface area contributed by atoms with Crippen LogP contribution in [0.3, 0.4) is 0 Å². The lowest BCUT2D eigenvalue weighted by Gasteiger charge is -2.42. The highest BCUT2D eigenvalue weighted by Gasteiger charge is 2.38. The van der Waals surface area contributed by atoms with Gasteiger partial charge < -0.3 is 9.64 Å². The van der Waals surface area contributed by atoms with Crippen LogP contribution < -0.4 is 0 Å². The summed E-state index contributed by atoms with van der Waals surface area (Å²) in [6, 6.07) is 6.07. The van der Waals surface area contributed by atoms with Crippen molar-refractivity contribution in [1.82, 2.24) is 4.90 Å². The predicted octanol–water partition coefficient (Wildman–Crippen LogP) is 4.49. The maximum absolute atomic E-state index is 12.3. The van der Waals surface area contributed by atoms with Crippen LogP contribution in [0.5, 0.6) is 0 Å². The maximum atomic E-state index is 12.3. The molecular formula is C20H29NO3. The summed E-state index contributed by atoms with van der Waals surface area (Å²) in [5.41, 5.74) is 2.44. The van der Waals surface area contributed by atoms with E-state index in [1.165, 1.54) is 0 Å². The number of likely N-dealkylation sites (tertiary alicyclic amines) is 1. The molecule has 0 saturated carbocycles. The Labute approximate surface area is 145 Å². The fourth-order valence-corrected chi connectivity index (χ4v) is 3.56. The average molecular weight is 331 g/mol. The van der Waals surface area contributed by atoms with Gasteiger partial charge in [-0.1, -0.05) is 25.1 Å². The first-order valence-electron chi connectivity index (χ1n) is 8.75. The molecule has 1 fully saturated rings. The Morgan fingerprint density at radius 3 is 2.42 bits per heavy atom. The number of piperidine rings is 1.